The molecule has 4 rings (SSSR count). The van der Waals surface area contributed by atoms with Crippen LogP contribution in [0.1, 0.15) is 26.3 Å². The van der Waals surface area contributed by atoms with E-state index in [1.165, 1.54) is 24.4 Å². The molecule has 0 bridgehead atoms. The molecule has 3 aromatic carbocycles. The number of sulfonamides is 1. The van der Waals surface area contributed by atoms with Crippen LogP contribution in [0.25, 0.3) is 22.0 Å². The predicted octanol–water partition coefficient (Wildman–Crippen LogP) is 7.03. The zero-order valence-corrected chi connectivity index (χ0v) is 22.6. The number of hydrogen-bond donors (Lipinski definition) is 2. The van der Waals surface area contributed by atoms with Gasteiger partial charge in [-0.3, -0.25) is 14.8 Å². The molecule has 210 valence electrons. The van der Waals surface area contributed by atoms with E-state index in [1.54, 1.807) is 25.5 Å². The Balaban J connectivity index is 1.71. The summed E-state index contributed by atoms with van der Waals surface area (Å²) in [5.41, 5.74) is -3.37. The molecule has 0 aliphatic heterocycles. The minimum Gasteiger partial charge on any atom is -0.294 e. The van der Waals surface area contributed by atoms with Gasteiger partial charge < -0.3 is 0 Å². The Hall–Kier alpha value is -3.84. The summed E-state index contributed by atoms with van der Waals surface area (Å²) in [5.74, 6) is -2.72. The Bertz CT molecular complexity index is 1760. The summed E-state index contributed by atoms with van der Waals surface area (Å²) in [4.78, 5) is 19.3. The van der Waals surface area contributed by atoms with Crippen molar-refractivity contribution in [2.75, 3.05) is 10.0 Å². The lowest BCUT2D eigenvalue weighted by atomic mass is 9.96. The van der Waals surface area contributed by atoms with Crippen LogP contribution in [0.15, 0.2) is 59.6 Å². The first-order valence-electron chi connectivity index (χ1n) is 11.4. The second kappa shape index (κ2) is 10.3. The number of carbonyl (C=O) groups is 1. The van der Waals surface area contributed by atoms with Crippen molar-refractivity contribution in [1.29, 1.82) is 0 Å². The van der Waals surface area contributed by atoms with Gasteiger partial charge in [0.25, 0.3) is 10.0 Å². The number of carbonyl (C=O) groups excluding carboxylic acids is 1. The normalized spacial score (nSPS) is 12.4. The van der Waals surface area contributed by atoms with Crippen molar-refractivity contribution >= 4 is 50.1 Å². The SMILES string of the molecule is CC(C)(C)C(=O)Nc1ncc2cc(-c3c(F)ccc(NS(=O)(=O)c4ccc(Cl)cc4C(F)(F)F)c3F)ccc2n1. The lowest BCUT2D eigenvalue weighted by molar-refractivity contribution is -0.139. The second-order valence-electron chi connectivity index (χ2n) is 9.70. The van der Waals surface area contributed by atoms with Crippen molar-refractivity contribution < 1.29 is 35.2 Å². The molecule has 0 fully saturated rings. The summed E-state index contributed by atoms with van der Waals surface area (Å²) < 4.78 is 98.2. The summed E-state index contributed by atoms with van der Waals surface area (Å²) in [7, 11) is -4.98. The summed E-state index contributed by atoms with van der Waals surface area (Å²) in [6.07, 6.45) is -3.75. The van der Waals surface area contributed by atoms with Crippen LogP contribution in [-0.4, -0.2) is 24.3 Å². The topological polar surface area (TPSA) is 101 Å². The smallest absolute Gasteiger partial charge is 0.294 e. The third kappa shape index (κ3) is 5.99. The number of halogens is 6. The molecule has 0 aliphatic rings. The Kier molecular flexibility index (Phi) is 7.50. The Labute approximate surface area is 230 Å². The van der Waals surface area contributed by atoms with Gasteiger partial charge in [-0.05, 0) is 48.0 Å². The molecule has 0 saturated heterocycles. The van der Waals surface area contributed by atoms with Crippen LogP contribution in [-0.2, 0) is 21.0 Å². The van der Waals surface area contributed by atoms with Crippen LogP contribution >= 0.6 is 11.6 Å². The van der Waals surface area contributed by atoms with Crippen molar-refractivity contribution in [3.8, 4) is 11.1 Å². The number of aromatic nitrogens is 2. The average molecular weight is 599 g/mol. The number of alkyl halides is 3. The molecule has 1 amide bonds. The maximum atomic E-state index is 15.5. The van der Waals surface area contributed by atoms with E-state index in [9.17, 15) is 30.8 Å². The first-order chi connectivity index (χ1) is 18.5. The predicted molar refractivity (Wildman–Crippen MR) is 140 cm³/mol. The molecule has 40 heavy (non-hydrogen) atoms. The van der Waals surface area contributed by atoms with Crippen molar-refractivity contribution in [2.24, 2.45) is 5.41 Å². The molecule has 1 aromatic heterocycles. The van der Waals surface area contributed by atoms with E-state index in [-0.39, 0.29) is 22.4 Å². The van der Waals surface area contributed by atoms with Crippen molar-refractivity contribution in [1.82, 2.24) is 9.97 Å². The maximum absolute atomic E-state index is 15.5. The average Bonchev–Trinajstić information content (AvgIpc) is 2.84. The summed E-state index contributed by atoms with van der Waals surface area (Å²) in [5, 5.41) is 2.56. The highest BCUT2D eigenvalue weighted by atomic mass is 35.5. The van der Waals surface area contributed by atoms with Crippen LogP contribution in [0.2, 0.25) is 5.02 Å². The lowest BCUT2D eigenvalue weighted by Gasteiger charge is -2.17. The van der Waals surface area contributed by atoms with Gasteiger partial charge in [-0.25, -0.2) is 27.2 Å². The molecular weight excluding hydrogens is 579 g/mol. The molecule has 0 spiro atoms. The van der Waals surface area contributed by atoms with E-state index in [2.05, 4.69) is 15.3 Å². The van der Waals surface area contributed by atoms with E-state index in [0.29, 0.717) is 23.0 Å². The third-order valence-corrected chi connectivity index (χ3v) is 7.31. The molecule has 0 atom stereocenters. The molecular formula is C26H20ClF5N4O3S. The van der Waals surface area contributed by atoms with Crippen LogP contribution in [0.3, 0.4) is 0 Å². The molecule has 0 radical (unpaired) electrons. The number of amides is 1. The van der Waals surface area contributed by atoms with E-state index in [4.69, 9.17) is 11.6 Å². The largest absolute Gasteiger partial charge is 0.417 e. The first kappa shape index (κ1) is 29.2. The number of anilines is 2. The van der Waals surface area contributed by atoms with E-state index in [0.717, 1.165) is 18.2 Å². The van der Waals surface area contributed by atoms with Gasteiger partial charge >= 0.3 is 6.18 Å². The van der Waals surface area contributed by atoms with Gasteiger partial charge in [0, 0.05) is 22.0 Å². The molecule has 0 aliphatic carbocycles. The summed E-state index contributed by atoms with van der Waals surface area (Å²) >= 11 is 5.61. The van der Waals surface area contributed by atoms with Gasteiger partial charge in [0.2, 0.25) is 11.9 Å². The molecule has 14 heteroatoms. The molecule has 4 aromatic rings. The van der Waals surface area contributed by atoms with Gasteiger partial charge in [-0.15, -0.1) is 0 Å². The quantitative estimate of drug-likeness (QED) is 0.240. The fraction of sp³-hybridized carbons (Fsp3) is 0.192. The highest BCUT2D eigenvalue weighted by Crippen LogP contribution is 2.38. The minimum atomic E-state index is -5.08. The zero-order chi connectivity index (χ0) is 29.6. The number of nitrogens with one attached hydrogen (secondary N) is 2. The van der Waals surface area contributed by atoms with Gasteiger partial charge in [-0.1, -0.05) is 38.4 Å². The summed E-state index contributed by atoms with van der Waals surface area (Å²) in [6.45, 7) is 5.12. The van der Waals surface area contributed by atoms with Crippen LogP contribution in [0.5, 0.6) is 0 Å². The van der Waals surface area contributed by atoms with Crippen molar-refractivity contribution in [3.05, 3.63) is 76.9 Å². The van der Waals surface area contributed by atoms with E-state index < -0.39 is 55.0 Å². The number of rotatable bonds is 5. The number of hydrogen-bond acceptors (Lipinski definition) is 5. The number of nitrogens with zero attached hydrogens (tertiary/aromatic N) is 2. The van der Waals surface area contributed by atoms with Crippen LogP contribution in [0.4, 0.5) is 33.6 Å². The molecule has 7 nitrogen and oxygen atoms in total. The van der Waals surface area contributed by atoms with Gasteiger partial charge in [0.05, 0.1) is 27.2 Å². The van der Waals surface area contributed by atoms with Gasteiger partial charge in [0.15, 0.2) is 5.82 Å². The molecule has 0 unspecified atom stereocenters. The highest BCUT2D eigenvalue weighted by Gasteiger charge is 2.38. The molecule has 1 heterocycles. The zero-order valence-electron chi connectivity index (χ0n) is 21.0. The Morgan fingerprint density at radius 2 is 1.68 bits per heavy atom. The molecule has 2 N–H and O–H groups in total. The van der Waals surface area contributed by atoms with Crippen molar-refractivity contribution in [2.45, 2.75) is 31.8 Å². The fourth-order valence-electron chi connectivity index (χ4n) is 3.59. The monoisotopic (exact) mass is 598 g/mol. The lowest BCUT2D eigenvalue weighted by Crippen LogP contribution is -2.28. The van der Waals surface area contributed by atoms with Crippen molar-refractivity contribution in [3.63, 3.8) is 0 Å². The summed E-state index contributed by atoms with van der Waals surface area (Å²) in [6, 6.07) is 7.60. The number of fused-ring (bicyclic) bond motifs is 1. The van der Waals surface area contributed by atoms with Gasteiger partial charge in [0.1, 0.15) is 5.82 Å². The first-order valence-corrected chi connectivity index (χ1v) is 13.3. The fourth-order valence-corrected chi connectivity index (χ4v) is 5.03. The van der Waals surface area contributed by atoms with E-state index >= 15 is 4.39 Å². The maximum Gasteiger partial charge on any atom is 0.417 e. The number of benzene rings is 3. The van der Waals surface area contributed by atoms with Crippen LogP contribution < -0.4 is 10.0 Å². The van der Waals surface area contributed by atoms with Crippen LogP contribution in [0, 0.1) is 17.0 Å². The third-order valence-electron chi connectivity index (χ3n) is 5.65. The Morgan fingerprint density at radius 1 is 0.975 bits per heavy atom. The second-order valence-corrected chi connectivity index (χ2v) is 11.8. The highest BCUT2D eigenvalue weighted by molar-refractivity contribution is 7.92. The van der Waals surface area contributed by atoms with E-state index in [1.807, 2.05) is 0 Å². The minimum absolute atomic E-state index is 0.0226. The Morgan fingerprint density at radius 3 is 2.33 bits per heavy atom. The molecule has 0 saturated carbocycles. The standard InChI is InChI=1S/C26H20ClF5N4O3S/c1-25(2,3)23(37)35-24-33-12-14-10-13(4-7-18(14)34-24)21-17(28)6-8-19(22(21)29)36-40(38,39)20-9-5-15(27)11-16(20)26(30,31)32/h4-12,36H,1-3H3,(H,33,34,35,37). The van der Waals surface area contributed by atoms with Gasteiger partial charge in [-0.2, -0.15) is 13.2 Å².